The van der Waals surface area contributed by atoms with Gasteiger partial charge < -0.3 is 9.47 Å². The topological polar surface area (TPSA) is 18.5 Å². The van der Waals surface area contributed by atoms with E-state index in [0.29, 0.717) is 25.0 Å². The molecule has 1 aromatic rings. The molecule has 0 aliphatic carbocycles. The van der Waals surface area contributed by atoms with Gasteiger partial charge >= 0.3 is 0 Å². The Morgan fingerprint density at radius 1 is 0.750 bits per heavy atom. The van der Waals surface area contributed by atoms with Crippen molar-refractivity contribution < 1.29 is 9.47 Å². The van der Waals surface area contributed by atoms with Gasteiger partial charge in [0.15, 0.2) is 0 Å². The summed E-state index contributed by atoms with van der Waals surface area (Å²) in [6.07, 6.45) is 2.03. The molecule has 24 heavy (non-hydrogen) atoms. The number of rotatable bonds is 8. The molecular formula is C22H30O2. The number of ether oxygens (including phenoxy) is 2. The zero-order valence-electron chi connectivity index (χ0n) is 16.0. The van der Waals surface area contributed by atoms with Crippen LogP contribution in [0.4, 0.5) is 0 Å². The van der Waals surface area contributed by atoms with Crippen molar-refractivity contribution in [1.29, 1.82) is 0 Å². The Bertz CT molecular complexity index is 576. The molecule has 1 rings (SSSR count). The molecular weight excluding hydrogens is 296 g/mol. The van der Waals surface area contributed by atoms with Gasteiger partial charge in [-0.3, -0.25) is 0 Å². The molecule has 0 bridgehead atoms. The fraction of sp³-hybridized carbons (Fsp3) is 0.545. The quantitative estimate of drug-likeness (QED) is 0.605. The van der Waals surface area contributed by atoms with Crippen LogP contribution >= 0.6 is 0 Å². The summed E-state index contributed by atoms with van der Waals surface area (Å²) in [4.78, 5) is 0. The average Bonchev–Trinajstić information content (AvgIpc) is 2.50. The van der Waals surface area contributed by atoms with Gasteiger partial charge in [0.1, 0.15) is 11.5 Å². The molecule has 0 atom stereocenters. The first kappa shape index (κ1) is 20.0. The third-order valence-electron chi connectivity index (χ3n) is 3.51. The molecule has 0 saturated carbocycles. The Hall–Kier alpha value is -2.06. The van der Waals surface area contributed by atoms with E-state index in [0.717, 1.165) is 35.5 Å². The van der Waals surface area contributed by atoms with E-state index in [9.17, 15) is 0 Å². The second-order valence-corrected chi connectivity index (χ2v) is 6.66. The fourth-order valence-electron chi connectivity index (χ4n) is 2.07. The summed E-state index contributed by atoms with van der Waals surface area (Å²) < 4.78 is 11.9. The van der Waals surface area contributed by atoms with Gasteiger partial charge in [0.2, 0.25) is 0 Å². The highest BCUT2D eigenvalue weighted by atomic mass is 16.5. The Morgan fingerprint density at radius 2 is 1.12 bits per heavy atom. The molecule has 0 aliphatic heterocycles. The number of hydrogen-bond acceptors (Lipinski definition) is 2. The Labute approximate surface area is 147 Å². The molecule has 1 aromatic carbocycles. The zero-order valence-corrected chi connectivity index (χ0v) is 16.0. The minimum atomic E-state index is 0.610. The molecule has 0 unspecified atom stereocenters. The van der Waals surface area contributed by atoms with Gasteiger partial charge in [-0.2, -0.15) is 0 Å². The normalized spacial score (nSPS) is 10.0. The standard InChI is InChI=1S/C22H30O2/c1-7-9-19-15-22(24-14-12-18(5)6)20(10-8-2)16-21(19)23-13-11-17(3)4/h15-18H,11-14H2,1-6H3. The highest BCUT2D eigenvalue weighted by Gasteiger charge is 2.11. The van der Waals surface area contributed by atoms with E-state index in [1.807, 2.05) is 26.0 Å². The van der Waals surface area contributed by atoms with E-state index < -0.39 is 0 Å². The summed E-state index contributed by atoms with van der Waals surface area (Å²) in [6.45, 7) is 13.8. The predicted molar refractivity (Wildman–Crippen MR) is 101 cm³/mol. The van der Waals surface area contributed by atoms with Crippen molar-refractivity contribution in [3.63, 3.8) is 0 Å². The SMILES string of the molecule is CC#Cc1cc(OCCC(C)C)c(C#CC)cc1OCCC(C)C. The van der Waals surface area contributed by atoms with Crippen LogP contribution in [0.5, 0.6) is 11.5 Å². The van der Waals surface area contributed by atoms with Gasteiger partial charge in [-0.15, -0.1) is 11.8 Å². The van der Waals surface area contributed by atoms with Crippen molar-refractivity contribution >= 4 is 0 Å². The first-order valence-electron chi connectivity index (χ1n) is 8.77. The van der Waals surface area contributed by atoms with Crippen molar-refractivity contribution in [1.82, 2.24) is 0 Å². The summed E-state index contributed by atoms with van der Waals surface area (Å²) in [6, 6.07) is 3.92. The largest absolute Gasteiger partial charge is 0.492 e. The van der Waals surface area contributed by atoms with Crippen molar-refractivity contribution in [2.75, 3.05) is 13.2 Å². The lowest BCUT2D eigenvalue weighted by Crippen LogP contribution is -2.06. The second kappa shape index (κ2) is 10.7. The van der Waals surface area contributed by atoms with Crippen molar-refractivity contribution in [2.45, 2.75) is 54.4 Å². The molecule has 0 aliphatic rings. The summed E-state index contributed by atoms with van der Waals surface area (Å²) in [5.41, 5.74) is 1.73. The van der Waals surface area contributed by atoms with Gasteiger partial charge in [-0.25, -0.2) is 0 Å². The molecule has 0 spiro atoms. The van der Waals surface area contributed by atoms with E-state index >= 15 is 0 Å². The molecule has 0 amide bonds. The molecule has 0 heterocycles. The van der Waals surface area contributed by atoms with E-state index in [1.165, 1.54) is 0 Å². The van der Waals surface area contributed by atoms with Crippen LogP contribution in [-0.2, 0) is 0 Å². The highest BCUT2D eigenvalue weighted by Crippen LogP contribution is 2.29. The number of hydrogen-bond donors (Lipinski definition) is 0. The number of benzene rings is 1. The zero-order chi connectivity index (χ0) is 17.9. The highest BCUT2D eigenvalue weighted by molar-refractivity contribution is 5.58. The summed E-state index contributed by atoms with van der Waals surface area (Å²) in [5, 5.41) is 0. The van der Waals surface area contributed by atoms with Crippen LogP contribution in [0.2, 0.25) is 0 Å². The van der Waals surface area contributed by atoms with Gasteiger partial charge in [-0.1, -0.05) is 39.5 Å². The first-order valence-corrected chi connectivity index (χ1v) is 8.77. The fourth-order valence-corrected chi connectivity index (χ4v) is 2.07. The van der Waals surface area contributed by atoms with E-state index in [-0.39, 0.29) is 0 Å². The van der Waals surface area contributed by atoms with Crippen LogP contribution in [0.1, 0.15) is 65.5 Å². The van der Waals surface area contributed by atoms with E-state index in [1.54, 1.807) is 0 Å². The molecule has 2 nitrogen and oxygen atoms in total. The van der Waals surface area contributed by atoms with Crippen LogP contribution in [0, 0.1) is 35.5 Å². The predicted octanol–water partition coefficient (Wildman–Crippen LogP) is 5.28. The molecule has 0 radical (unpaired) electrons. The molecule has 130 valence electrons. The second-order valence-electron chi connectivity index (χ2n) is 6.66. The maximum atomic E-state index is 5.96. The van der Waals surface area contributed by atoms with Crippen molar-refractivity contribution in [3.8, 4) is 35.2 Å². The van der Waals surface area contributed by atoms with Crippen LogP contribution in [-0.4, -0.2) is 13.2 Å². The van der Waals surface area contributed by atoms with Gasteiger partial charge in [0.05, 0.1) is 24.3 Å². The van der Waals surface area contributed by atoms with E-state index in [4.69, 9.17) is 9.47 Å². The third-order valence-corrected chi connectivity index (χ3v) is 3.51. The summed E-state index contributed by atoms with van der Waals surface area (Å²) in [5.74, 6) is 15.0. The van der Waals surface area contributed by atoms with Crippen LogP contribution in [0.25, 0.3) is 0 Å². The van der Waals surface area contributed by atoms with Crippen LogP contribution in [0.15, 0.2) is 12.1 Å². The van der Waals surface area contributed by atoms with Gasteiger partial charge in [-0.05, 0) is 38.5 Å². The lowest BCUT2D eigenvalue weighted by molar-refractivity contribution is 0.281. The Balaban J connectivity index is 3.07. The average molecular weight is 326 g/mol. The lowest BCUT2D eigenvalue weighted by Gasteiger charge is -2.14. The van der Waals surface area contributed by atoms with Gasteiger partial charge in [0, 0.05) is 12.1 Å². The maximum absolute atomic E-state index is 5.96. The van der Waals surface area contributed by atoms with E-state index in [2.05, 4.69) is 51.4 Å². The smallest absolute Gasteiger partial charge is 0.136 e. The van der Waals surface area contributed by atoms with Gasteiger partial charge in [0.25, 0.3) is 0 Å². The first-order chi connectivity index (χ1) is 11.5. The monoisotopic (exact) mass is 326 g/mol. The minimum absolute atomic E-state index is 0.610. The molecule has 0 fully saturated rings. The lowest BCUT2D eigenvalue weighted by atomic mass is 10.1. The molecule has 0 N–H and O–H groups in total. The molecule has 0 saturated heterocycles. The van der Waals surface area contributed by atoms with Crippen LogP contribution < -0.4 is 9.47 Å². The minimum Gasteiger partial charge on any atom is -0.492 e. The van der Waals surface area contributed by atoms with Crippen LogP contribution in [0.3, 0.4) is 0 Å². The Morgan fingerprint density at radius 3 is 1.42 bits per heavy atom. The molecule has 0 aromatic heterocycles. The van der Waals surface area contributed by atoms with Crippen molar-refractivity contribution in [3.05, 3.63) is 23.3 Å². The third kappa shape index (κ3) is 7.01. The Kier molecular flexibility index (Phi) is 8.88. The molecule has 2 heteroatoms. The maximum Gasteiger partial charge on any atom is 0.136 e. The summed E-state index contributed by atoms with van der Waals surface area (Å²) in [7, 11) is 0. The summed E-state index contributed by atoms with van der Waals surface area (Å²) >= 11 is 0. The van der Waals surface area contributed by atoms with Crippen molar-refractivity contribution in [2.24, 2.45) is 11.8 Å².